The first-order valence-electron chi connectivity index (χ1n) is 6.94. The van der Waals surface area contributed by atoms with Gasteiger partial charge in [-0.1, -0.05) is 54.6 Å². The molecule has 3 aromatic rings. The molecule has 20 heavy (non-hydrogen) atoms. The fourth-order valence-corrected chi connectivity index (χ4v) is 2.44. The highest BCUT2D eigenvalue weighted by atomic mass is 14.9. The molecule has 0 saturated carbocycles. The van der Waals surface area contributed by atoms with Crippen LogP contribution in [0.15, 0.2) is 67.0 Å². The molecular formula is C18H18N2. The van der Waals surface area contributed by atoms with Crippen LogP contribution in [0.2, 0.25) is 0 Å². The molecule has 0 spiro atoms. The Labute approximate surface area is 119 Å². The minimum absolute atomic E-state index is 0.329. The fraction of sp³-hybridized carbons (Fsp3) is 0.167. The molecule has 0 aliphatic rings. The zero-order chi connectivity index (χ0) is 13.8. The van der Waals surface area contributed by atoms with E-state index in [0.29, 0.717) is 6.04 Å². The molecule has 0 radical (unpaired) electrons. The van der Waals surface area contributed by atoms with E-state index in [2.05, 4.69) is 59.7 Å². The molecule has 0 unspecified atom stereocenters. The number of rotatable bonds is 4. The number of hydrogen-bond acceptors (Lipinski definition) is 2. The van der Waals surface area contributed by atoms with Gasteiger partial charge in [0.15, 0.2) is 0 Å². The standard InChI is InChI=1S/C18H18N2/c1-14(15-7-3-2-4-8-15)20-13-17-12-19-11-16-9-5-6-10-18(16)17/h2-12,14,20H,13H2,1H3/t14-/m1/s1. The molecule has 1 aromatic heterocycles. The van der Waals surface area contributed by atoms with Crippen LogP contribution in [0.1, 0.15) is 24.1 Å². The Morgan fingerprint density at radius 3 is 2.55 bits per heavy atom. The van der Waals surface area contributed by atoms with E-state index < -0.39 is 0 Å². The molecule has 1 atom stereocenters. The normalized spacial score (nSPS) is 12.4. The van der Waals surface area contributed by atoms with Crippen LogP contribution < -0.4 is 5.32 Å². The third kappa shape index (κ3) is 2.70. The van der Waals surface area contributed by atoms with Gasteiger partial charge in [0.05, 0.1) is 0 Å². The first-order chi connectivity index (χ1) is 9.84. The second-order valence-corrected chi connectivity index (χ2v) is 5.03. The maximum atomic E-state index is 4.32. The summed E-state index contributed by atoms with van der Waals surface area (Å²) in [6.07, 6.45) is 3.87. The average Bonchev–Trinajstić information content (AvgIpc) is 2.53. The van der Waals surface area contributed by atoms with E-state index in [1.807, 2.05) is 24.5 Å². The van der Waals surface area contributed by atoms with Crippen molar-refractivity contribution in [2.24, 2.45) is 0 Å². The minimum atomic E-state index is 0.329. The maximum Gasteiger partial charge on any atom is 0.0346 e. The van der Waals surface area contributed by atoms with Gasteiger partial charge in [-0.15, -0.1) is 0 Å². The summed E-state index contributed by atoms with van der Waals surface area (Å²) in [6, 6.07) is 19.2. The van der Waals surface area contributed by atoms with Gasteiger partial charge in [-0.25, -0.2) is 0 Å². The van der Waals surface area contributed by atoms with E-state index in [9.17, 15) is 0 Å². The molecule has 100 valence electrons. The fourth-order valence-electron chi connectivity index (χ4n) is 2.44. The third-order valence-electron chi connectivity index (χ3n) is 3.65. The Morgan fingerprint density at radius 1 is 0.950 bits per heavy atom. The monoisotopic (exact) mass is 262 g/mol. The van der Waals surface area contributed by atoms with E-state index in [4.69, 9.17) is 0 Å². The van der Waals surface area contributed by atoms with Crippen LogP contribution in [0, 0.1) is 0 Å². The summed E-state index contributed by atoms with van der Waals surface area (Å²) < 4.78 is 0. The van der Waals surface area contributed by atoms with Gasteiger partial charge < -0.3 is 5.32 Å². The Balaban J connectivity index is 1.77. The molecule has 0 bridgehead atoms. The van der Waals surface area contributed by atoms with Gasteiger partial charge in [0.2, 0.25) is 0 Å². The molecule has 0 aliphatic carbocycles. The number of aromatic nitrogens is 1. The predicted molar refractivity (Wildman–Crippen MR) is 83.4 cm³/mol. The molecule has 2 nitrogen and oxygen atoms in total. The summed E-state index contributed by atoms with van der Waals surface area (Å²) in [6.45, 7) is 3.01. The van der Waals surface area contributed by atoms with Crippen molar-refractivity contribution < 1.29 is 0 Å². The van der Waals surface area contributed by atoms with Crippen molar-refractivity contribution in [1.29, 1.82) is 0 Å². The summed E-state index contributed by atoms with van der Waals surface area (Å²) in [7, 11) is 0. The summed E-state index contributed by atoms with van der Waals surface area (Å²) >= 11 is 0. The van der Waals surface area contributed by atoms with Crippen molar-refractivity contribution in [2.45, 2.75) is 19.5 Å². The van der Waals surface area contributed by atoms with Gasteiger partial charge in [0.25, 0.3) is 0 Å². The molecule has 0 fully saturated rings. The van der Waals surface area contributed by atoms with Crippen LogP contribution in [0.5, 0.6) is 0 Å². The van der Waals surface area contributed by atoms with Gasteiger partial charge in [0.1, 0.15) is 0 Å². The quantitative estimate of drug-likeness (QED) is 0.766. The number of fused-ring (bicyclic) bond motifs is 1. The van der Waals surface area contributed by atoms with Gasteiger partial charge in [-0.05, 0) is 23.4 Å². The van der Waals surface area contributed by atoms with Crippen molar-refractivity contribution in [1.82, 2.24) is 10.3 Å². The average molecular weight is 262 g/mol. The van der Waals surface area contributed by atoms with Gasteiger partial charge in [-0.2, -0.15) is 0 Å². The molecule has 1 N–H and O–H groups in total. The van der Waals surface area contributed by atoms with E-state index in [1.165, 1.54) is 21.9 Å². The lowest BCUT2D eigenvalue weighted by atomic mass is 10.1. The molecular weight excluding hydrogens is 244 g/mol. The lowest BCUT2D eigenvalue weighted by Crippen LogP contribution is -2.18. The number of hydrogen-bond donors (Lipinski definition) is 1. The summed E-state index contributed by atoms with van der Waals surface area (Å²) in [4.78, 5) is 4.32. The Hall–Kier alpha value is -2.19. The van der Waals surface area contributed by atoms with Gasteiger partial charge >= 0.3 is 0 Å². The Kier molecular flexibility index (Phi) is 3.75. The summed E-state index contributed by atoms with van der Waals surface area (Å²) in [5.41, 5.74) is 2.55. The zero-order valence-corrected chi connectivity index (χ0v) is 11.6. The van der Waals surface area contributed by atoms with Gasteiger partial charge in [0, 0.05) is 30.4 Å². The maximum absolute atomic E-state index is 4.32. The minimum Gasteiger partial charge on any atom is -0.306 e. The van der Waals surface area contributed by atoms with Crippen molar-refractivity contribution in [2.75, 3.05) is 0 Å². The lowest BCUT2D eigenvalue weighted by Gasteiger charge is -2.15. The highest BCUT2D eigenvalue weighted by Gasteiger charge is 2.06. The molecule has 1 heterocycles. The first kappa shape index (κ1) is 12.8. The molecule has 2 aromatic carbocycles. The molecule has 0 amide bonds. The zero-order valence-electron chi connectivity index (χ0n) is 11.6. The number of benzene rings is 2. The third-order valence-corrected chi connectivity index (χ3v) is 3.65. The van der Waals surface area contributed by atoms with Crippen molar-refractivity contribution in [3.8, 4) is 0 Å². The van der Waals surface area contributed by atoms with Crippen LogP contribution in [-0.4, -0.2) is 4.98 Å². The smallest absolute Gasteiger partial charge is 0.0346 e. The van der Waals surface area contributed by atoms with Crippen LogP contribution in [0.3, 0.4) is 0 Å². The molecule has 0 aliphatic heterocycles. The van der Waals surface area contributed by atoms with Crippen LogP contribution in [-0.2, 0) is 6.54 Å². The second kappa shape index (κ2) is 5.85. The molecule has 3 rings (SSSR count). The van der Waals surface area contributed by atoms with Crippen LogP contribution in [0.25, 0.3) is 10.8 Å². The van der Waals surface area contributed by atoms with Crippen molar-refractivity contribution >= 4 is 10.8 Å². The second-order valence-electron chi connectivity index (χ2n) is 5.03. The van der Waals surface area contributed by atoms with Crippen molar-refractivity contribution in [3.05, 3.63) is 78.1 Å². The predicted octanol–water partition coefficient (Wildman–Crippen LogP) is 4.09. The highest BCUT2D eigenvalue weighted by molar-refractivity contribution is 5.84. The lowest BCUT2D eigenvalue weighted by molar-refractivity contribution is 0.576. The van der Waals surface area contributed by atoms with Crippen LogP contribution >= 0.6 is 0 Å². The van der Waals surface area contributed by atoms with Crippen molar-refractivity contribution in [3.63, 3.8) is 0 Å². The largest absolute Gasteiger partial charge is 0.306 e. The number of nitrogens with zero attached hydrogens (tertiary/aromatic N) is 1. The SMILES string of the molecule is C[C@@H](NCc1cncc2ccccc12)c1ccccc1. The molecule has 2 heteroatoms. The van der Waals surface area contributed by atoms with E-state index >= 15 is 0 Å². The molecule has 0 saturated heterocycles. The van der Waals surface area contributed by atoms with E-state index in [0.717, 1.165) is 6.54 Å². The van der Waals surface area contributed by atoms with Gasteiger partial charge in [-0.3, -0.25) is 4.98 Å². The summed E-state index contributed by atoms with van der Waals surface area (Å²) in [5, 5.41) is 6.03. The number of pyridine rings is 1. The first-order valence-corrected chi connectivity index (χ1v) is 6.94. The van der Waals surface area contributed by atoms with E-state index in [-0.39, 0.29) is 0 Å². The Bertz CT molecular complexity index is 687. The Morgan fingerprint density at radius 2 is 1.70 bits per heavy atom. The van der Waals surface area contributed by atoms with E-state index in [1.54, 1.807) is 0 Å². The van der Waals surface area contributed by atoms with Crippen LogP contribution in [0.4, 0.5) is 0 Å². The highest BCUT2D eigenvalue weighted by Crippen LogP contribution is 2.18. The summed E-state index contributed by atoms with van der Waals surface area (Å²) in [5.74, 6) is 0. The number of nitrogens with one attached hydrogen (secondary N) is 1. The topological polar surface area (TPSA) is 24.9 Å².